The van der Waals surface area contributed by atoms with Crippen molar-refractivity contribution in [1.29, 1.82) is 0 Å². The second-order valence-corrected chi connectivity index (χ2v) is 5.74. The fraction of sp³-hybridized carbons (Fsp3) is 0.105. The molecule has 0 aliphatic heterocycles. The molecule has 0 unspecified atom stereocenters. The molecule has 5 heteroatoms. The molecule has 3 rings (SSSR count). The second-order valence-electron chi connectivity index (χ2n) is 5.33. The molecule has 0 spiro atoms. The van der Waals surface area contributed by atoms with Gasteiger partial charge in [-0.2, -0.15) is 0 Å². The highest BCUT2D eigenvalue weighted by atomic mass is 35.5. The van der Waals surface area contributed by atoms with E-state index in [0.29, 0.717) is 34.2 Å². The molecule has 1 heterocycles. The van der Waals surface area contributed by atoms with E-state index in [4.69, 9.17) is 21.1 Å². The number of hydrogen-bond acceptors (Lipinski definition) is 3. The van der Waals surface area contributed by atoms with Crippen LogP contribution in [-0.4, -0.2) is 11.0 Å². The van der Waals surface area contributed by atoms with Gasteiger partial charge < -0.3 is 14.8 Å². The lowest BCUT2D eigenvalue weighted by molar-refractivity contribution is -0.115. The van der Waals surface area contributed by atoms with Gasteiger partial charge in [-0.1, -0.05) is 41.9 Å². The van der Waals surface area contributed by atoms with Crippen LogP contribution in [0.1, 0.15) is 11.3 Å². The number of furan rings is 1. The zero-order valence-corrected chi connectivity index (χ0v) is 13.6. The Morgan fingerprint density at radius 1 is 1.08 bits per heavy atom. The molecule has 0 aliphatic carbocycles. The van der Waals surface area contributed by atoms with Crippen LogP contribution >= 0.6 is 11.6 Å². The summed E-state index contributed by atoms with van der Waals surface area (Å²) in [6, 6.07) is 18.2. The van der Waals surface area contributed by atoms with Crippen molar-refractivity contribution in [3.63, 3.8) is 0 Å². The van der Waals surface area contributed by atoms with Crippen LogP contribution in [0, 0.1) is 0 Å². The van der Waals surface area contributed by atoms with Crippen molar-refractivity contribution in [3.8, 4) is 11.3 Å². The van der Waals surface area contributed by atoms with Gasteiger partial charge in [0.15, 0.2) is 0 Å². The summed E-state index contributed by atoms with van der Waals surface area (Å²) >= 11 is 6.29. The highest BCUT2D eigenvalue weighted by Crippen LogP contribution is 2.31. The molecule has 0 fully saturated rings. The molecule has 122 valence electrons. The minimum absolute atomic E-state index is 0.106. The summed E-state index contributed by atoms with van der Waals surface area (Å²) in [5.74, 6) is 0.943. The van der Waals surface area contributed by atoms with Crippen molar-refractivity contribution >= 4 is 23.2 Å². The first-order valence-corrected chi connectivity index (χ1v) is 7.87. The standard InChI is InChI=1S/C19H16ClNO3/c20-17-11-14(21-19(23)10-13-4-2-1-3-5-13)6-8-16(17)18-9-7-15(12-22)24-18/h1-9,11,22H,10,12H2,(H,21,23). The zero-order valence-electron chi connectivity index (χ0n) is 12.8. The molecule has 4 nitrogen and oxygen atoms in total. The number of carbonyl (C=O) groups is 1. The van der Waals surface area contributed by atoms with Gasteiger partial charge in [0, 0.05) is 11.3 Å². The predicted molar refractivity (Wildman–Crippen MR) is 93.9 cm³/mol. The molecule has 3 aromatic rings. The normalized spacial score (nSPS) is 10.6. The molecule has 0 atom stereocenters. The maximum absolute atomic E-state index is 12.1. The van der Waals surface area contributed by atoms with Gasteiger partial charge in [-0.25, -0.2) is 0 Å². The van der Waals surface area contributed by atoms with Crippen LogP contribution < -0.4 is 5.32 Å². The Labute approximate surface area is 144 Å². The Morgan fingerprint density at radius 2 is 1.88 bits per heavy atom. The lowest BCUT2D eigenvalue weighted by Crippen LogP contribution is -2.14. The molecule has 1 amide bonds. The van der Waals surface area contributed by atoms with Crippen LogP contribution in [-0.2, 0) is 17.8 Å². The Morgan fingerprint density at radius 3 is 2.54 bits per heavy atom. The average molecular weight is 342 g/mol. The lowest BCUT2D eigenvalue weighted by atomic mass is 10.1. The van der Waals surface area contributed by atoms with Crippen molar-refractivity contribution in [2.45, 2.75) is 13.0 Å². The summed E-state index contributed by atoms with van der Waals surface area (Å²) in [7, 11) is 0. The fourth-order valence-electron chi connectivity index (χ4n) is 2.39. The third kappa shape index (κ3) is 3.85. The van der Waals surface area contributed by atoms with E-state index >= 15 is 0 Å². The summed E-state index contributed by atoms with van der Waals surface area (Å²) in [6.07, 6.45) is 0.304. The highest BCUT2D eigenvalue weighted by Gasteiger charge is 2.10. The van der Waals surface area contributed by atoms with Crippen molar-refractivity contribution in [3.05, 3.63) is 77.0 Å². The van der Waals surface area contributed by atoms with Gasteiger partial charge >= 0.3 is 0 Å². The molecule has 24 heavy (non-hydrogen) atoms. The fourth-order valence-corrected chi connectivity index (χ4v) is 2.66. The predicted octanol–water partition coefficient (Wildman–Crippen LogP) is 4.27. The van der Waals surface area contributed by atoms with Crippen LogP contribution in [0.4, 0.5) is 5.69 Å². The summed E-state index contributed by atoms with van der Waals surface area (Å²) in [6.45, 7) is -0.161. The number of benzene rings is 2. The first-order valence-electron chi connectivity index (χ1n) is 7.49. The number of hydrogen-bond donors (Lipinski definition) is 2. The van der Waals surface area contributed by atoms with Crippen molar-refractivity contribution < 1.29 is 14.3 Å². The Hall–Kier alpha value is -2.56. The molecule has 2 N–H and O–H groups in total. The van der Waals surface area contributed by atoms with E-state index in [1.54, 1.807) is 30.3 Å². The van der Waals surface area contributed by atoms with E-state index in [9.17, 15) is 4.79 Å². The number of halogens is 1. The zero-order chi connectivity index (χ0) is 16.9. The van der Waals surface area contributed by atoms with Gasteiger partial charge in [0.2, 0.25) is 5.91 Å². The van der Waals surface area contributed by atoms with Gasteiger partial charge in [-0.05, 0) is 35.9 Å². The summed E-state index contributed by atoms with van der Waals surface area (Å²) in [4.78, 5) is 12.1. The van der Waals surface area contributed by atoms with E-state index < -0.39 is 0 Å². The van der Waals surface area contributed by atoms with E-state index in [2.05, 4.69) is 5.32 Å². The number of aliphatic hydroxyl groups excluding tert-OH is 1. The van der Waals surface area contributed by atoms with E-state index in [0.717, 1.165) is 5.56 Å². The third-order valence-corrected chi connectivity index (χ3v) is 3.86. The number of amides is 1. The molecular formula is C19H16ClNO3. The first kappa shape index (κ1) is 16.3. The molecular weight excluding hydrogens is 326 g/mol. The minimum atomic E-state index is -0.161. The van der Waals surface area contributed by atoms with Crippen molar-refractivity contribution in [2.24, 2.45) is 0 Å². The molecule has 0 saturated heterocycles. The number of anilines is 1. The smallest absolute Gasteiger partial charge is 0.228 e. The van der Waals surface area contributed by atoms with Crippen LogP contribution in [0.3, 0.4) is 0 Å². The van der Waals surface area contributed by atoms with E-state index in [-0.39, 0.29) is 12.5 Å². The molecule has 2 aromatic carbocycles. The van der Waals surface area contributed by atoms with Gasteiger partial charge in [0.05, 0.1) is 11.4 Å². The maximum atomic E-state index is 12.1. The Balaban J connectivity index is 1.71. The van der Waals surface area contributed by atoms with Crippen LogP contribution in [0.15, 0.2) is 65.1 Å². The maximum Gasteiger partial charge on any atom is 0.228 e. The molecule has 0 radical (unpaired) electrons. The Bertz CT molecular complexity index is 843. The number of nitrogens with one attached hydrogen (secondary N) is 1. The number of carbonyl (C=O) groups excluding carboxylic acids is 1. The van der Waals surface area contributed by atoms with Crippen LogP contribution in [0.25, 0.3) is 11.3 Å². The lowest BCUT2D eigenvalue weighted by Gasteiger charge is -2.08. The highest BCUT2D eigenvalue weighted by molar-refractivity contribution is 6.33. The number of aliphatic hydroxyl groups is 1. The molecule has 0 aliphatic rings. The second kappa shape index (κ2) is 7.34. The average Bonchev–Trinajstić information content (AvgIpc) is 3.04. The largest absolute Gasteiger partial charge is 0.459 e. The topological polar surface area (TPSA) is 62.5 Å². The van der Waals surface area contributed by atoms with Crippen molar-refractivity contribution in [2.75, 3.05) is 5.32 Å². The monoisotopic (exact) mass is 341 g/mol. The summed E-state index contributed by atoms with van der Waals surface area (Å²) in [5.41, 5.74) is 2.28. The van der Waals surface area contributed by atoms with Crippen LogP contribution in [0.5, 0.6) is 0 Å². The quantitative estimate of drug-likeness (QED) is 0.728. The van der Waals surface area contributed by atoms with Gasteiger partial charge in [-0.15, -0.1) is 0 Å². The van der Waals surface area contributed by atoms with E-state index in [1.807, 2.05) is 30.3 Å². The molecule has 0 bridgehead atoms. The van der Waals surface area contributed by atoms with Gasteiger partial charge in [-0.3, -0.25) is 4.79 Å². The summed E-state index contributed by atoms with van der Waals surface area (Å²) in [5, 5.41) is 12.4. The van der Waals surface area contributed by atoms with Crippen molar-refractivity contribution in [1.82, 2.24) is 0 Å². The van der Waals surface area contributed by atoms with Gasteiger partial charge in [0.1, 0.15) is 18.1 Å². The summed E-state index contributed by atoms with van der Waals surface area (Å²) < 4.78 is 5.48. The minimum Gasteiger partial charge on any atom is -0.459 e. The van der Waals surface area contributed by atoms with Crippen LogP contribution in [0.2, 0.25) is 5.02 Å². The first-order chi connectivity index (χ1) is 11.7. The third-order valence-electron chi connectivity index (χ3n) is 3.54. The number of rotatable bonds is 5. The molecule has 1 aromatic heterocycles. The van der Waals surface area contributed by atoms with Gasteiger partial charge in [0.25, 0.3) is 0 Å². The SMILES string of the molecule is O=C(Cc1ccccc1)Nc1ccc(-c2ccc(CO)o2)c(Cl)c1. The molecule has 0 saturated carbocycles. The Kier molecular flexibility index (Phi) is 4.99. The van der Waals surface area contributed by atoms with E-state index in [1.165, 1.54) is 0 Å².